The quantitative estimate of drug-likeness (QED) is 0.610. The Kier molecular flexibility index (Phi) is 3.06. The molecule has 2 nitrogen and oxygen atoms in total. The normalized spacial score (nSPS) is 19.0. The number of rotatable bonds is 4. The van der Waals surface area contributed by atoms with Crippen LogP contribution in [0.3, 0.4) is 0 Å². The van der Waals surface area contributed by atoms with Crippen molar-refractivity contribution in [3.63, 3.8) is 0 Å². The number of carbonyl (C=O) groups excluding carboxylic acids is 1. The van der Waals surface area contributed by atoms with E-state index in [1.54, 1.807) is 0 Å². The Morgan fingerprint density at radius 3 is 2.27 bits per heavy atom. The summed E-state index contributed by atoms with van der Waals surface area (Å²) in [6.45, 7) is 6.97. The maximum atomic E-state index is 10.6. The fourth-order valence-electron chi connectivity index (χ4n) is 1.49. The van der Waals surface area contributed by atoms with Crippen molar-refractivity contribution in [1.29, 1.82) is 0 Å². The van der Waals surface area contributed by atoms with E-state index in [1.807, 2.05) is 0 Å². The molecule has 1 aliphatic rings. The molecule has 0 unspecified atom stereocenters. The molecule has 0 spiro atoms. The topological polar surface area (TPSA) is 20.3 Å². The van der Waals surface area contributed by atoms with Crippen molar-refractivity contribution >= 4 is 5.78 Å². The molecule has 0 aromatic carbocycles. The van der Waals surface area contributed by atoms with Crippen LogP contribution in [0.1, 0.15) is 26.7 Å². The van der Waals surface area contributed by atoms with E-state index < -0.39 is 0 Å². The monoisotopic (exact) mass is 155 g/mol. The lowest BCUT2D eigenvalue weighted by atomic mass is 10.0. The lowest BCUT2D eigenvalue weighted by molar-refractivity contribution is -0.129. The van der Waals surface area contributed by atoms with Gasteiger partial charge in [-0.3, -0.25) is 9.69 Å². The summed E-state index contributed by atoms with van der Waals surface area (Å²) < 4.78 is 0. The van der Waals surface area contributed by atoms with Gasteiger partial charge in [-0.1, -0.05) is 26.7 Å². The number of hydrogen-bond donors (Lipinski definition) is 0. The highest BCUT2D eigenvalue weighted by atomic mass is 16.1. The Morgan fingerprint density at radius 1 is 1.36 bits per heavy atom. The third-order valence-electron chi connectivity index (χ3n) is 2.47. The van der Waals surface area contributed by atoms with Gasteiger partial charge in [0.05, 0.1) is 13.1 Å². The van der Waals surface area contributed by atoms with Gasteiger partial charge in [0.15, 0.2) is 5.78 Å². The summed E-state index contributed by atoms with van der Waals surface area (Å²) in [5.74, 6) is 1.19. The van der Waals surface area contributed by atoms with Gasteiger partial charge in [-0.2, -0.15) is 0 Å². The smallest absolute Gasteiger partial charge is 0.160 e. The van der Waals surface area contributed by atoms with Crippen LogP contribution >= 0.6 is 0 Å². The van der Waals surface area contributed by atoms with E-state index in [9.17, 15) is 4.79 Å². The van der Waals surface area contributed by atoms with Crippen molar-refractivity contribution in [1.82, 2.24) is 4.90 Å². The molecule has 0 saturated carbocycles. The molecule has 1 aliphatic heterocycles. The summed E-state index contributed by atoms with van der Waals surface area (Å²) in [4.78, 5) is 12.9. The van der Waals surface area contributed by atoms with Gasteiger partial charge in [0, 0.05) is 6.54 Å². The molecule has 0 aromatic rings. The fourth-order valence-corrected chi connectivity index (χ4v) is 1.49. The summed E-state index contributed by atoms with van der Waals surface area (Å²) in [6, 6.07) is 0. The first-order valence-corrected chi connectivity index (χ1v) is 4.50. The summed E-state index contributed by atoms with van der Waals surface area (Å²) in [5, 5.41) is 0. The Balaban J connectivity index is 2.14. The maximum Gasteiger partial charge on any atom is 0.160 e. The van der Waals surface area contributed by atoms with Crippen molar-refractivity contribution in [2.75, 3.05) is 19.6 Å². The zero-order valence-corrected chi connectivity index (χ0v) is 7.47. The first kappa shape index (κ1) is 8.72. The van der Waals surface area contributed by atoms with Crippen molar-refractivity contribution in [3.05, 3.63) is 0 Å². The van der Waals surface area contributed by atoms with Crippen LogP contribution in [0, 0.1) is 5.92 Å². The van der Waals surface area contributed by atoms with Gasteiger partial charge in [0.25, 0.3) is 0 Å². The van der Waals surface area contributed by atoms with Crippen LogP contribution < -0.4 is 0 Å². The predicted octanol–water partition coefficient (Wildman–Crippen LogP) is 1.31. The van der Waals surface area contributed by atoms with E-state index in [0.29, 0.717) is 18.9 Å². The fraction of sp³-hybridized carbons (Fsp3) is 0.889. The largest absolute Gasteiger partial charge is 0.297 e. The molecule has 2 heteroatoms. The Morgan fingerprint density at radius 2 is 1.91 bits per heavy atom. The van der Waals surface area contributed by atoms with Gasteiger partial charge < -0.3 is 0 Å². The third-order valence-corrected chi connectivity index (χ3v) is 2.47. The van der Waals surface area contributed by atoms with Crippen molar-refractivity contribution in [2.45, 2.75) is 26.7 Å². The minimum atomic E-state index is 0.399. The predicted molar refractivity (Wildman–Crippen MR) is 45.5 cm³/mol. The second-order valence-corrected chi connectivity index (χ2v) is 3.39. The summed E-state index contributed by atoms with van der Waals surface area (Å²) in [5.41, 5.74) is 0. The standard InChI is InChI=1S/C9H17NO/c1-3-8(4-2)5-10-6-9(11)7-10/h8H,3-7H2,1-2H3. The molecular formula is C9H17NO. The Bertz CT molecular complexity index is 132. The van der Waals surface area contributed by atoms with Crippen molar-refractivity contribution in [2.24, 2.45) is 5.92 Å². The first-order valence-electron chi connectivity index (χ1n) is 4.50. The number of nitrogens with zero attached hydrogens (tertiary/aromatic N) is 1. The second-order valence-electron chi connectivity index (χ2n) is 3.39. The number of carbonyl (C=O) groups is 1. The molecule has 0 N–H and O–H groups in total. The highest BCUT2D eigenvalue weighted by Gasteiger charge is 2.24. The van der Waals surface area contributed by atoms with Crippen LogP contribution in [0.15, 0.2) is 0 Å². The van der Waals surface area contributed by atoms with Crippen LogP contribution in [0.4, 0.5) is 0 Å². The zero-order valence-electron chi connectivity index (χ0n) is 7.47. The SMILES string of the molecule is CCC(CC)CN1CC(=O)C1. The highest BCUT2D eigenvalue weighted by Crippen LogP contribution is 2.12. The molecular weight excluding hydrogens is 138 g/mol. The van der Waals surface area contributed by atoms with E-state index in [0.717, 1.165) is 12.5 Å². The molecule has 0 bridgehead atoms. The van der Waals surface area contributed by atoms with Crippen LogP contribution in [0.5, 0.6) is 0 Å². The van der Waals surface area contributed by atoms with Crippen molar-refractivity contribution in [3.8, 4) is 0 Å². The molecule has 0 radical (unpaired) electrons. The zero-order chi connectivity index (χ0) is 8.27. The van der Waals surface area contributed by atoms with E-state index in [-0.39, 0.29) is 0 Å². The molecule has 1 heterocycles. The van der Waals surface area contributed by atoms with E-state index >= 15 is 0 Å². The van der Waals surface area contributed by atoms with Crippen molar-refractivity contribution < 1.29 is 4.79 Å². The molecule has 64 valence electrons. The molecule has 0 amide bonds. The highest BCUT2D eigenvalue weighted by molar-refractivity contribution is 5.87. The second kappa shape index (κ2) is 3.86. The molecule has 1 saturated heterocycles. The minimum absolute atomic E-state index is 0.399. The molecule has 0 aromatic heterocycles. The van der Waals surface area contributed by atoms with Crippen LogP contribution in [-0.4, -0.2) is 30.3 Å². The van der Waals surface area contributed by atoms with Crippen LogP contribution in [-0.2, 0) is 4.79 Å². The summed E-state index contributed by atoms with van der Waals surface area (Å²) in [6.07, 6.45) is 2.47. The number of hydrogen-bond acceptors (Lipinski definition) is 2. The Hall–Kier alpha value is -0.370. The molecule has 1 rings (SSSR count). The van der Waals surface area contributed by atoms with E-state index in [1.165, 1.54) is 12.8 Å². The summed E-state index contributed by atoms with van der Waals surface area (Å²) in [7, 11) is 0. The van der Waals surface area contributed by atoms with Gasteiger partial charge in [-0.15, -0.1) is 0 Å². The molecule has 0 aliphatic carbocycles. The molecule has 11 heavy (non-hydrogen) atoms. The van der Waals surface area contributed by atoms with E-state index in [2.05, 4.69) is 18.7 Å². The van der Waals surface area contributed by atoms with Crippen LogP contribution in [0.2, 0.25) is 0 Å². The lowest BCUT2D eigenvalue weighted by Gasteiger charge is -2.32. The summed E-state index contributed by atoms with van der Waals surface area (Å²) >= 11 is 0. The number of ketones is 1. The van der Waals surface area contributed by atoms with Gasteiger partial charge >= 0.3 is 0 Å². The molecule has 1 fully saturated rings. The molecule has 0 atom stereocenters. The number of Topliss-reactive ketones (excluding diaryl/α,β-unsaturated/α-hetero) is 1. The van der Waals surface area contributed by atoms with E-state index in [4.69, 9.17) is 0 Å². The third kappa shape index (κ3) is 2.29. The average Bonchev–Trinajstić information content (AvgIpc) is 1.96. The Labute approximate surface area is 68.6 Å². The van der Waals surface area contributed by atoms with Gasteiger partial charge in [-0.05, 0) is 5.92 Å². The van der Waals surface area contributed by atoms with Gasteiger partial charge in [-0.25, -0.2) is 0 Å². The van der Waals surface area contributed by atoms with Gasteiger partial charge in [0.1, 0.15) is 0 Å². The van der Waals surface area contributed by atoms with Crippen LogP contribution in [0.25, 0.3) is 0 Å². The average molecular weight is 155 g/mol. The maximum absolute atomic E-state index is 10.6. The minimum Gasteiger partial charge on any atom is -0.297 e. The first-order chi connectivity index (χ1) is 5.26. The lowest BCUT2D eigenvalue weighted by Crippen LogP contribution is -2.48. The number of likely N-dealkylation sites (tertiary alicyclic amines) is 1. The van der Waals surface area contributed by atoms with Gasteiger partial charge in [0.2, 0.25) is 0 Å².